The number of nitrogens with zero attached hydrogens (tertiary/aromatic N) is 1. The Morgan fingerprint density at radius 3 is 2.57 bits per heavy atom. The van der Waals surface area contributed by atoms with Gasteiger partial charge in [0.2, 0.25) is 0 Å². The number of aliphatic hydroxyl groups excluding tert-OH is 1. The van der Waals surface area contributed by atoms with Gasteiger partial charge in [0, 0.05) is 12.1 Å². The van der Waals surface area contributed by atoms with E-state index in [2.05, 4.69) is 5.32 Å². The first kappa shape index (κ1) is 17.0. The van der Waals surface area contributed by atoms with Crippen LogP contribution in [0.1, 0.15) is 39.2 Å². The van der Waals surface area contributed by atoms with Crippen molar-refractivity contribution in [3.8, 4) is 11.8 Å². The van der Waals surface area contributed by atoms with Crippen molar-refractivity contribution < 1.29 is 14.6 Å². The third kappa shape index (κ3) is 5.09. The summed E-state index contributed by atoms with van der Waals surface area (Å²) in [4.78, 5) is 12.1. The average Bonchev–Trinajstić information content (AvgIpc) is 2.48. The van der Waals surface area contributed by atoms with Crippen LogP contribution < -0.4 is 10.1 Å². The van der Waals surface area contributed by atoms with Crippen LogP contribution in [0.15, 0.2) is 24.3 Å². The van der Waals surface area contributed by atoms with Crippen LogP contribution in [0.25, 0.3) is 0 Å². The largest absolute Gasteiger partial charge is 0.481 e. The van der Waals surface area contributed by atoms with Crippen LogP contribution in [0.3, 0.4) is 0 Å². The Bertz CT molecular complexity index is 507. The molecular formula is C16H22N2O3. The van der Waals surface area contributed by atoms with Crippen molar-refractivity contribution in [2.45, 2.75) is 45.3 Å². The van der Waals surface area contributed by atoms with Gasteiger partial charge in [-0.1, -0.05) is 6.92 Å². The second-order valence-electron chi connectivity index (χ2n) is 5.27. The molecular weight excluding hydrogens is 268 g/mol. The van der Waals surface area contributed by atoms with E-state index in [0.29, 0.717) is 17.7 Å². The molecule has 0 saturated carbocycles. The first-order chi connectivity index (χ1) is 9.94. The Morgan fingerprint density at radius 1 is 1.48 bits per heavy atom. The second kappa shape index (κ2) is 7.65. The van der Waals surface area contributed by atoms with Crippen LogP contribution in [-0.2, 0) is 4.79 Å². The summed E-state index contributed by atoms with van der Waals surface area (Å²) in [5.74, 6) is 0.314. The highest BCUT2D eigenvalue weighted by Gasteiger charge is 2.26. The van der Waals surface area contributed by atoms with Gasteiger partial charge in [-0.25, -0.2) is 0 Å². The fourth-order valence-electron chi connectivity index (χ4n) is 1.84. The molecule has 0 spiro atoms. The number of carbonyl (C=O) groups is 1. The normalized spacial score (nSPS) is 14.6. The van der Waals surface area contributed by atoms with Crippen molar-refractivity contribution in [2.75, 3.05) is 6.61 Å². The quantitative estimate of drug-likeness (QED) is 0.804. The lowest BCUT2D eigenvalue weighted by molar-refractivity contribution is -0.129. The first-order valence-electron chi connectivity index (χ1n) is 7.04. The molecule has 1 aromatic rings. The Labute approximate surface area is 125 Å². The summed E-state index contributed by atoms with van der Waals surface area (Å²) in [6, 6.07) is 8.63. The van der Waals surface area contributed by atoms with Crippen molar-refractivity contribution in [3.05, 3.63) is 29.8 Å². The van der Waals surface area contributed by atoms with E-state index < -0.39 is 11.6 Å². The Hall–Kier alpha value is -2.06. The van der Waals surface area contributed by atoms with Gasteiger partial charge in [-0.3, -0.25) is 4.79 Å². The van der Waals surface area contributed by atoms with E-state index in [1.807, 2.05) is 19.9 Å². The zero-order chi connectivity index (χ0) is 15.9. The third-order valence-corrected chi connectivity index (χ3v) is 3.53. The number of benzene rings is 1. The molecule has 0 aliphatic rings. The Morgan fingerprint density at radius 2 is 2.10 bits per heavy atom. The summed E-state index contributed by atoms with van der Waals surface area (Å²) < 4.78 is 5.56. The van der Waals surface area contributed by atoms with Crippen molar-refractivity contribution in [1.82, 2.24) is 5.32 Å². The Balaban J connectivity index is 2.63. The molecule has 0 bridgehead atoms. The lowest BCUT2D eigenvalue weighted by Gasteiger charge is -2.30. The van der Waals surface area contributed by atoms with E-state index in [0.717, 1.165) is 6.42 Å². The van der Waals surface area contributed by atoms with Crippen LogP contribution in [0, 0.1) is 11.3 Å². The van der Waals surface area contributed by atoms with Gasteiger partial charge in [0.15, 0.2) is 6.10 Å². The van der Waals surface area contributed by atoms with Gasteiger partial charge in [0.05, 0.1) is 11.6 Å². The SMILES string of the molecule is CCC(C)(CCO)NC(=O)C(C)Oc1ccc(C#N)cc1. The van der Waals surface area contributed by atoms with Crippen molar-refractivity contribution in [2.24, 2.45) is 0 Å². The van der Waals surface area contributed by atoms with Gasteiger partial charge < -0.3 is 15.2 Å². The van der Waals surface area contributed by atoms with Crippen LogP contribution >= 0.6 is 0 Å². The molecule has 0 radical (unpaired) electrons. The lowest BCUT2D eigenvalue weighted by Crippen LogP contribution is -2.50. The molecule has 2 unspecified atom stereocenters. The second-order valence-corrected chi connectivity index (χ2v) is 5.27. The van der Waals surface area contributed by atoms with Crippen LogP contribution in [0.2, 0.25) is 0 Å². The molecule has 1 amide bonds. The zero-order valence-corrected chi connectivity index (χ0v) is 12.7. The molecule has 0 saturated heterocycles. The van der Waals surface area contributed by atoms with Gasteiger partial charge in [-0.05, 0) is 51.0 Å². The number of hydrogen-bond acceptors (Lipinski definition) is 4. The first-order valence-corrected chi connectivity index (χ1v) is 7.04. The van der Waals surface area contributed by atoms with E-state index in [4.69, 9.17) is 15.1 Å². The fraction of sp³-hybridized carbons (Fsp3) is 0.500. The molecule has 5 nitrogen and oxygen atoms in total. The molecule has 2 atom stereocenters. The van der Waals surface area contributed by atoms with Crippen molar-refractivity contribution >= 4 is 5.91 Å². The zero-order valence-electron chi connectivity index (χ0n) is 12.7. The van der Waals surface area contributed by atoms with Crippen LogP contribution in [-0.4, -0.2) is 29.3 Å². The average molecular weight is 290 g/mol. The van der Waals surface area contributed by atoms with E-state index in [9.17, 15) is 4.79 Å². The maximum atomic E-state index is 12.1. The highest BCUT2D eigenvalue weighted by Crippen LogP contribution is 2.16. The standard InChI is InChI=1S/C16H22N2O3/c1-4-16(3,9-10-19)18-15(20)12(2)21-14-7-5-13(11-17)6-8-14/h5-8,12,19H,4,9-10H2,1-3H3,(H,18,20). The summed E-state index contributed by atoms with van der Waals surface area (Å²) in [6.45, 7) is 5.55. The molecule has 0 fully saturated rings. The molecule has 1 aromatic carbocycles. The summed E-state index contributed by atoms with van der Waals surface area (Å²) in [7, 11) is 0. The number of nitriles is 1. The molecule has 0 aliphatic heterocycles. The summed E-state index contributed by atoms with van der Waals surface area (Å²) in [5.41, 5.74) is 0.106. The minimum atomic E-state index is -0.650. The molecule has 0 aliphatic carbocycles. The van der Waals surface area contributed by atoms with Crippen LogP contribution in [0.5, 0.6) is 5.75 Å². The van der Waals surface area contributed by atoms with Gasteiger partial charge in [-0.15, -0.1) is 0 Å². The molecule has 5 heteroatoms. The molecule has 1 rings (SSSR count). The predicted molar refractivity (Wildman–Crippen MR) is 79.8 cm³/mol. The minimum Gasteiger partial charge on any atom is -0.481 e. The van der Waals surface area contributed by atoms with Gasteiger partial charge in [-0.2, -0.15) is 5.26 Å². The van der Waals surface area contributed by atoms with Crippen molar-refractivity contribution in [3.63, 3.8) is 0 Å². The van der Waals surface area contributed by atoms with E-state index in [1.54, 1.807) is 31.2 Å². The lowest BCUT2D eigenvalue weighted by atomic mass is 9.94. The molecule has 0 heterocycles. The van der Waals surface area contributed by atoms with E-state index >= 15 is 0 Å². The Kier molecular flexibility index (Phi) is 6.19. The monoisotopic (exact) mass is 290 g/mol. The number of nitrogens with one attached hydrogen (secondary N) is 1. The topological polar surface area (TPSA) is 82.3 Å². The number of hydrogen-bond donors (Lipinski definition) is 2. The van der Waals surface area contributed by atoms with Gasteiger partial charge in [0.25, 0.3) is 5.91 Å². The summed E-state index contributed by atoms with van der Waals surface area (Å²) >= 11 is 0. The number of rotatable bonds is 7. The van der Waals surface area contributed by atoms with Crippen molar-refractivity contribution in [1.29, 1.82) is 5.26 Å². The summed E-state index contributed by atoms with van der Waals surface area (Å²) in [6.07, 6.45) is 0.573. The number of amides is 1. The van der Waals surface area contributed by atoms with E-state index in [-0.39, 0.29) is 12.5 Å². The molecule has 114 valence electrons. The highest BCUT2D eigenvalue weighted by molar-refractivity contribution is 5.81. The van der Waals surface area contributed by atoms with Crippen LogP contribution in [0.4, 0.5) is 0 Å². The number of carbonyl (C=O) groups excluding carboxylic acids is 1. The van der Waals surface area contributed by atoms with Gasteiger partial charge >= 0.3 is 0 Å². The molecule has 0 aromatic heterocycles. The predicted octanol–water partition coefficient (Wildman–Crippen LogP) is 1.99. The maximum absolute atomic E-state index is 12.1. The minimum absolute atomic E-state index is 0.0233. The number of ether oxygens (including phenoxy) is 1. The smallest absolute Gasteiger partial charge is 0.261 e. The molecule has 21 heavy (non-hydrogen) atoms. The highest BCUT2D eigenvalue weighted by atomic mass is 16.5. The number of aliphatic hydroxyl groups is 1. The summed E-state index contributed by atoms with van der Waals surface area (Å²) in [5, 5.41) is 20.7. The third-order valence-electron chi connectivity index (χ3n) is 3.53. The van der Waals surface area contributed by atoms with E-state index in [1.165, 1.54) is 0 Å². The van der Waals surface area contributed by atoms with Gasteiger partial charge in [0.1, 0.15) is 5.75 Å². The fourth-order valence-corrected chi connectivity index (χ4v) is 1.84. The molecule has 2 N–H and O–H groups in total. The maximum Gasteiger partial charge on any atom is 0.261 e.